The molecule has 0 unspecified atom stereocenters. The highest BCUT2D eigenvalue weighted by molar-refractivity contribution is 6.07. The molecule has 2 saturated heterocycles. The molecule has 1 aromatic carbocycles. The Kier molecular flexibility index (Phi) is 5.45. The number of likely N-dealkylation sites (tertiary alicyclic amines) is 2. The zero-order valence-electron chi connectivity index (χ0n) is 17.0. The maximum atomic E-state index is 13.9. The molecule has 3 fully saturated rings. The molecule has 4 N–H and O–H groups in total. The van der Waals surface area contributed by atoms with Gasteiger partial charge in [-0.05, 0) is 37.3 Å². The van der Waals surface area contributed by atoms with Gasteiger partial charge in [-0.1, -0.05) is 0 Å². The number of benzene rings is 1. The molecule has 168 valence electrons. The van der Waals surface area contributed by atoms with Crippen molar-refractivity contribution in [3.63, 3.8) is 0 Å². The summed E-state index contributed by atoms with van der Waals surface area (Å²) < 4.78 is 40.3. The van der Waals surface area contributed by atoms with Crippen molar-refractivity contribution in [1.29, 1.82) is 0 Å². The number of nitrogens with two attached hydrogens (primary N) is 2. The first kappa shape index (κ1) is 21.6. The number of carbonyl (C=O) groups excluding carboxylic acids is 3. The number of hydrogen-bond acceptors (Lipinski definition) is 4. The van der Waals surface area contributed by atoms with E-state index in [2.05, 4.69) is 0 Å². The molecule has 1 saturated carbocycles. The number of carbonyl (C=O) groups is 3. The minimum atomic E-state index is -1.28. The standard InChI is InChI=1S/C21H25F3N4O3/c22-14-8-16(24)15(23)6-12(14)5-13(25)7-18(29)28-4-1-11-9-27(10-17(11)28)20(31)21(2-3-21)19(26)30/h6,8,11,13,17H,1-5,7,9-10,25H2,(H2,26,30)/t11-,13+,17+/m0/s1. The summed E-state index contributed by atoms with van der Waals surface area (Å²) in [6, 6.07) is 0.294. The van der Waals surface area contributed by atoms with Crippen LogP contribution in [0.2, 0.25) is 0 Å². The molecule has 7 nitrogen and oxygen atoms in total. The van der Waals surface area contributed by atoms with Crippen molar-refractivity contribution in [2.45, 2.75) is 44.2 Å². The largest absolute Gasteiger partial charge is 0.369 e. The van der Waals surface area contributed by atoms with Crippen LogP contribution in [-0.2, 0) is 20.8 Å². The fraction of sp³-hybridized carbons (Fsp3) is 0.571. The smallest absolute Gasteiger partial charge is 0.238 e. The SMILES string of the molecule is NC(=O)C1(C(=O)N2C[C@@H]3CCN(C(=O)C[C@H](N)Cc4cc(F)c(F)cc4F)[C@@H]3C2)CC1. The molecule has 0 spiro atoms. The lowest BCUT2D eigenvalue weighted by atomic mass is 10.0. The highest BCUT2D eigenvalue weighted by Gasteiger charge is 2.59. The third kappa shape index (κ3) is 3.88. The van der Waals surface area contributed by atoms with Crippen molar-refractivity contribution in [3.8, 4) is 0 Å². The minimum Gasteiger partial charge on any atom is -0.369 e. The Bertz CT molecular complexity index is 937. The summed E-state index contributed by atoms with van der Waals surface area (Å²) in [6.45, 7) is 1.36. The Morgan fingerprint density at radius 2 is 1.77 bits per heavy atom. The maximum absolute atomic E-state index is 13.9. The van der Waals surface area contributed by atoms with Gasteiger partial charge in [0.15, 0.2) is 11.6 Å². The first-order valence-corrected chi connectivity index (χ1v) is 10.4. The van der Waals surface area contributed by atoms with Crippen molar-refractivity contribution >= 4 is 17.7 Å². The van der Waals surface area contributed by atoms with Crippen molar-refractivity contribution < 1.29 is 27.6 Å². The number of hydrogen-bond donors (Lipinski definition) is 2. The van der Waals surface area contributed by atoms with Gasteiger partial charge in [-0.25, -0.2) is 13.2 Å². The van der Waals surface area contributed by atoms with Crippen molar-refractivity contribution in [1.82, 2.24) is 9.80 Å². The van der Waals surface area contributed by atoms with Crippen LogP contribution in [0.1, 0.15) is 31.2 Å². The minimum absolute atomic E-state index is 0.0825. The number of nitrogens with zero attached hydrogens (tertiary/aromatic N) is 2. The molecule has 0 bridgehead atoms. The zero-order chi connectivity index (χ0) is 22.5. The van der Waals surface area contributed by atoms with Crippen LogP contribution < -0.4 is 11.5 Å². The third-order valence-corrected chi connectivity index (χ3v) is 6.79. The normalized spacial score (nSPS) is 24.8. The Morgan fingerprint density at radius 1 is 1.10 bits per heavy atom. The number of rotatable bonds is 6. The van der Waals surface area contributed by atoms with Gasteiger partial charge in [0.05, 0.1) is 6.04 Å². The van der Waals surface area contributed by atoms with Crippen LogP contribution in [0.3, 0.4) is 0 Å². The average Bonchev–Trinajstić information content (AvgIpc) is 3.26. The summed E-state index contributed by atoms with van der Waals surface area (Å²) in [5.41, 5.74) is 10.2. The fourth-order valence-electron chi connectivity index (χ4n) is 4.85. The quantitative estimate of drug-likeness (QED) is 0.503. The first-order valence-electron chi connectivity index (χ1n) is 10.4. The summed E-state index contributed by atoms with van der Waals surface area (Å²) >= 11 is 0. The van der Waals surface area contributed by atoms with Gasteiger partial charge in [0.1, 0.15) is 11.2 Å². The molecule has 0 radical (unpaired) electrons. The molecular formula is C21H25F3N4O3. The molecule has 10 heteroatoms. The van der Waals surface area contributed by atoms with Crippen LogP contribution >= 0.6 is 0 Å². The molecule has 3 amide bonds. The van der Waals surface area contributed by atoms with Gasteiger partial charge in [0.2, 0.25) is 17.7 Å². The van der Waals surface area contributed by atoms with E-state index in [1.165, 1.54) is 0 Å². The lowest BCUT2D eigenvalue weighted by Gasteiger charge is -2.27. The summed E-state index contributed by atoms with van der Waals surface area (Å²) in [7, 11) is 0. The molecule has 3 aliphatic rings. The first-order chi connectivity index (χ1) is 14.6. The molecular weight excluding hydrogens is 413 g/mol. The average molecular weight is 438 g/mol. The van der Waals surface area contributed by atoms with Gasteiger partial charge in [-0.3, -0.25) is 14.4 Å². The molecule has 1 aliphatic carbocycles. The Labute approximate surface area is 177 Å². The van der Waals surface area contributed by atoms with Crippen LogP contribution in [0.5, 0.6) is 0 Å². The Balaban J connectivity index is 1.36. The number of primary amides is 1. The third-order valence-electron chi connectivity index (χ3n) is 6.79. The highest BCUT2D eigenvalue weighted by atomic mass is 19.2. The van der Waals surface area contributed by atoms with E-state index in [1.807, 2.05) is 0 Å². The van der Waals surface area contributed by atoms with Gasteiger partial charge in [0.25, 0.3) is 0 Å². The molecule has 4 rings (SSSR count). The Morgan fingerprint density at radius 3 is 2.42 bits per heavy atom. The van der Waals surface area contributed by atoms with Gasteiger partial charge >= 0.3 is 0 Å². The van der Waals surface area contributed by atoms with Crippen LogP contribution in [0, 0.1) is 28.8 Å². The predicted octanol–water partition coefficient (Wildman–Crippen LogP) is 0.689. The van der Waals surface area contributed by atoms with Crippen LogP contribution in [0.4, 0.5) is 13.2 Å². The lowest BCUT2D eigenvalue weighted by molar-refractivity contribution is -0.143. The summed E-state index contributed by atoms with van der Waals surface area (Å²) in [4.78, 5) is 40.6. The molecule has 1 aromatic rings. The van der Waals surface area contributed by atoms with Crippen molar-refractivity contribution in [3.05, 3.63) is 35.1 Å². The fourth-order valence-corrected chi connectivity index (χ4v) is 4.85. The molecule has 3 atom stereocenters. The molecule has 31 heavy (non-hydrogen) atoms. The van der Waals surface area contributed by atoms with E-state index in [9.17, 15) is 27.6 Å². The zero-order valence-corrected chi connectivity index (χ0v) is 17.0. The monoisotopic (exact) mass is 438 g/mol. The van der Waals surface area contributed by atoms with E-state index in [4.69, 9.17) is 11.5 Å². The van der Waals surface area contributed by atoms with Gasteiger partial charge < -0.3 is 21.3 Å². The maximum Gasteiger partial charge on any atom is 0.238 e. The summed E-state index contributed by atoms with van der Waals surface area (Å²) in [5.74, 6) is -4.32. The van der Waals surface area contributed by atoms with E-state index in [0.29, 0.717) is 38.5 Å². The summed E-state index contributed by atoms with van der Waals surface area (Å²) in [6.07, 6.45) is 1.47. The van der Waals surface area contributed by atoms with E-state index in [1.54, 1.807) is 9.80 Å². The van der Waals surface area contributed by atoms with Crippen LogP contribution in [-0.4, -0.2) is 59.2 Å². The van der Waals surface area contributed by atoms with E-state index in [0.717, 1.165) is 12.5 Å². The molecule has 2 aliphatic heterocycles. The molecule has 2 heterocycles. The van der Waals surface area contributed by atoms with Crippen molar-refractivity contribution in [2.75, 3.05) is 19.6 Å². The second kappa shape index (κ2) is 7.81. The van der Waals surface area contributed by atoms with Crippen LogP contribution in [0.25, 0.3) is 0 Å². The van der Waals surface area contributed by atoms with Gasteiger partial charge in [0, 0.05) is 44.1 Å². The topological polar surface area (TPSA) is 110 Å². The summed E-state index contributed by atoms with van der Waals surface area (Å²) in [5, 5.41) is 0. The predicted molar refractivity (Wildman–Crippen MR) is 104 cm³/mol. The van der Waals surface area contributed by atoms with E-state index in [-0.39, 0.29) is 42.2 Å². The number of halogens is 3. The second-order valence-corrected chi connectivity index (χ2v) is 8.89. The van der Waals surface area contributed by atoms with E-state index >= 15 is 0 Å². The highest BCUT2D eigenvalue weighted by Crippen LogP contribution is 2.48. The van der Waals surface area contributed by atoms with Crippen LogP contribution in [0.15, 0.2) is 12.1 Å². The second-order valence-electron chi connectivity index (χ2n) is 8.89. The van der Waals surface area contributed by atoms with Crippen molar-refractivity contribution in [2.24, 2.45) is 22.8 Å². The number of fused-ring (bicyclic) bond motifs is 1. The lowest BCUT2D eigenvalue weighted by Crippen LogP contribution is -2.46. The van der Waals surface area contributed by atoms with E-state index < -0.39 is 34.8 Å². The molecule has 0 aromatic heterocycles. The number of amides is 3. The Hall–Kier alpha value is -2.62. The van der Waals surface area contributed by atoms with Gasteiger partial charge in [-0.15, -0.1) is 0 Å². The van der Waals surface area contributed by atoms with Gasteiger partial charge in [-0.2, -0.15) is 0 Å².